The summed E-state index contributed by atoms with van der Waals surface area (Å²) in [5.74, 6) is 0. The highest BCUT2D eigenvalue weighted by atomic mass is 16.0. The van der Waals surface area contributed by atoms with Crippen molar-refractivity contribution in [3.05, 3.63) is 0 Å². The molecule has 0 aliphatic heterocycles. The molecule has 4 nitrogen and oxygen atoms in total. The summed E-state index contributed by atoms with van der Waals surface area (Å²) in [6.45, 7) is 2.61. The highest BCUT2D eigenvalue weighted by molar-refractivity contribution is 4.40. The van der Waals surface area contributed by atoms with Crippen molar-refractivity contribution in [2.75, 3.05) is 55.4 Å². The molecule has 2 N–H and O–H groups in total. The molecule has 0 saturated carbocycles. The van der Waals surface area contributed by atoms with Crippen molar-refractivity contribution in [3.8, 4) is 0 Å². The molecule has 0 aliphatic carbocycles. The van der Waals surface area contributed by atoms with Gasteiger partial charge in [-0.1, -0.05) is 0 Å². The Morgan fingerprint density at radius 1 is 0.533 bits per heavy atom. The Balaban J connectivity index is -0.000000720. The summed E-state index contributed by atoms with van der Waals surface area (Å²) in [5.41, 5.74) is 0. The van der Waals surface area contributed by atoms with Gasteiger partial charge in [0.1, 0.15) is 0 Å². The van der Waals surface area contributed by atoms with E-state index in [1.54, 1.807) is 0 Å². The molecule has 0 aromatic carbocycles. The van der Waals surface area contributed by atoms with Crippen molar-refractivity contribution in [3.63, 3.8) is 0 Å². The quantitative estimate of drug-likeness (QED) is 0.501. The molecule has 0 atom stereocenters. The van der Waals surface area contributed by atoms with Crippen LogP contribution in [0.1, 0.15) is 19.3 Å². The van der Waals surface area contributed by atoms with Crippen LogP contribution in [0.3, 0.4) is 0 Å². The van der Waals surface area contributed by atoms with Gasteiger partial charge in [-0.05, 0) is 19.3 Å². The van der Waals surface area contributed by atoms with E-state index in [1.165, 1.54) is 32.4 Å². The van der Waals surface area contributed by atoms with Gasteiger partial charge in [0.05, 0.1) is 55.4 Å². The molecule has 0 radical (unpaired) electrons. The van der Waals surface area contributed by atoms with E-state index in [9.17, 15) is 0 Å². The van der Waals surface area contributed by atoms with E-state index in [0.717, 1.165) is 8.97 Å². The third kappa shape index (κ3) is 20.0. The van der Waals surface area contributed by atoms with Crippen molar-refractivity contribution < 1.29 is 19.9 Å². The minimum atomic E-state index is 0. The van der Waals surface area contributed by atoms with Crippen LogP contribution in [0.2, 0.25) is 0 Å². The van der Waals surface area contributed by atoms with Gasteiger partial charge in [0, 0.05) is 0 Å². The summed E-state index contributed by atoms with van der Waals surface area (Å²) >= 11 is 0. The Morgan fingerprint density at radius 3 is 1.00 bits per heavy atom. The normalized spacial score (nSPS) is 11.6. The summed E-state index contributed by atoms with van der Waals surface area (Å²) < 4.78 is 2.20. The zero-order valence-corrected chi connectivity index (χ0v) is 11.3. The molecule has 0 aromatic rings. The second-order valence-corrected chi connectivity index (χ2v) is 6.09. The van der Waals surface area contributed by atoms with E-state index in [1.807, 2.05) is 0 Å². The van der Waals surface area contributed by atoms with Crippen LogP contribution in [0.5, 0.6) is 0 Å². The van der Waals surface area contributed by atoms with Gasteiger partial charge < -0.3 is 19.9 Å². The van der Waals surface area contributed by atoms with Crippen LogP contribution in [0.25, 0.3) is 0 Å². The Bertz CT molecular complexity index is 121. The maximum absolute atomic E-state index is 2.26. The molecule has 0 fully saturated rings. The van der Waals surface area contributed by atoms with E-state index >= 15 is 0 Å². The molecule has 96 valence electrons. The fourth-order valence-electron chi connectivity index (χ4n) is 1.35. The Morgan fingerprint density at radius 2 is 0.800 bits per heavy atom. The molecule has 4 heteroatoms. The van der Waals surface area contributed by atoms with E-state index < -0.39 is 0 Å². The average Bonchev–Trinajstić information content (AvgIpc) is 1.81. The van der Waals surface area contributed by atoms with Crippen LogP contribution in [0.15, 0.2) is 0 Å². The molecular weight excluding hydrogens is 192 g/mol. The molecule has 0 aromatic heterocycles. The minimum absolute atomic E-state index is 0. The van der Waals surface area contributed by atoms with Crippen molar-refractivity contribution in [1.29, 1.82) is 0 Å². The Kier molecular flexibility index (Phi) is 10.9. The van der Waals surface area contributed by atoms with E-state index in [4.69, 9.17) is 0 Å². The monoisotopic (exact) mass is 222 g/mol. The van der Waals surface area contributed by atoms with Crippen LogP contribution >= 0.6 is 0 Å². The first-order valence-corrected chi connectivity index (χ1v) is 5.32. The van der Waals surface area contributed by atoms with Crippen molar-refractivity contribution >= 4 is 0 Å². The largest absolute Gasteiger partial charge is 0.870 e. The summed E-state index contributed by atoms with van der Waals surface area (Å²) in [7, 11) is 13.6. The lowest BCUT2D eigenvalue weighted by atomic mass is 10.2. The van der Waals surface area contributed by atoms with Gasteiger partial charge in [-0.2, -0.15) is 0 Å². The van der Waals surface area contributed by atoms with Crippen LogP contribution in [-0.2, 0) is 0 Å². The third-order valence-electron chi connectivity index (χ3n) is 2.16. The van der Waals surface area contributed by atoms with Crippen LogP contribution in [-0.4, -0.2) is 75.3 Å². The lowest BCUT2D eigenvalue weighted by molar-refractivity contribution is -0.872. The molecule has 0 heterocycles. The van der Waals surface area contributed by atoms with E-state index in [-0.39, 0.29) is 11.0 Å². The second kappa shape index (κ2) is 8.05. The predicted octanol–water partition coefficient (Wildman–Crippen LogP) is 1.22. The summed E-state index contributed by atoms with van der Waals surface area (Å²) in [5, 5.41) is 0. The Hall–Kier alpha value is -0.160. The molecule has 0 aliphatic rings. The number of nitrogens with zero attached hydrogens (tertiary/aromatic N) is 2. The predicted molar refractivity (Wildman–Crippen MR) is 63.5 cm³/mol. The second-order valence-electron chi connectivity index (χ2n) is 6.09. The number of hydrogen-bond acceptors (Lipinski definition) is 2. The third-order valence-corrected chi connectivity index (χ3v) is 2.16. The fraction of sp³-hybridized carbons (Fsp3) is 1.00. The highest BCUT2D eigenvalue weighted by Gasteiger charge is 2.08. The van der Waals surface area contributed by atoms with Crippen molar-refractivity contribution in [1.82, 2.24) is 0 Å². The van der Waals surface area contributed by atoms with E-state index in [2.05, 4.69) is 42.3 Å². The molecule has 0 bridgehead atoms. The summed E-state index contributed by atoms with van der Waals surface area (Å²) in [6.07, 6.45) is 4.11. The summed E-state index contributed by atoms with van der Waals surface area (Å²) in [4.78, 5) is 0. The van der Waals surface area contributed by atoms with Gasteiger partial charge in [-0.25, -0.2) is 0 Å². The van der Waals surface area contributed by atoms with Gasteiger partial charge in [0.2, 0.25) is 0 Å². The first kappa shape index (κ1) is 20.3. The van der Waals surface area contributed by atoms with Crippen LogP contribution in [0, 0.1) is 0 Å². The number of rotatable bonds is 6. The molecule has 0 unspecified atom stereocenters. The Labute approximate surface area is 95.3 Å². The van der Waals surface area contributed by atoms with Gasteiger partial charge in [0.25, 0.3) is 0 Å². The number of unbranched alkanes of at least 4 members (excludes halogenated alkanes) is 2. The van der Waals surface area contributed by atoms with Crippen LogP contribution < -0.4 is 0 Å². The first-order chi connectivity index (χ1) is 5.71. The number of hydrogen-bond donors (Lipinski definition) is 0. The zero-order valence-electron chi connectivity index (χ0n) is 11.3. The standard InChI is InChI=1S/C11H28N2.2H2O/c1-12(2,3)10-8-7-9-11-13(4,5)6;;/h7-11H2,1-6H3;2*1H2/q+2;;/p-2. The smallest absolute Gasteiger partial charge is 0.0780 e. The summed E-state index contributed by atoms with van der Waals surface area (Å²) in [6, 6.07) is 0. The maximum atomic E-state index is 2.26. The van der Waals surface area contributed by atoms with Crippen molar-refractivity contribution in [2.24, 2.45) is 0 Å². The molecule has 0 spiro atoms. The minimum Gasteiger partial charge on any atom is -0.870 e. The molecule has 0 rings (SSSR count). The van der Waals surface area contributed by atoms with Gasteiger partial charge in [-0.3, -0.25) is 0 Å². The molecule has 0 amide bonds. The van der Waals surface area contributed by atoms with Gasteiger partial charge in [-0.15, -0.1) is 0 Å². The first-order valence-electron chi connectivity index (χ1n) is 5.32. The van der Waals surface area contributed by atoms with Crippen molar-refractivity contribution in [2.45, 2.75) is 19.3 Å². The molecule has 0 saturated heterocycles. The fourth-order valence-corrected chi connectivity index (χ4v) is 1.35. The number of quaternary nitrogens is 2. The lowest BCUT2D eigenvalue weighted by Gasteiger charge is -2.25. The maximum Gasteiger partial charge on any atom is 0.0780 e. The topological polar surface area (TPSA) is 60.0 Å². The lowest BCUT2D eigenvalue weighted by Crippen LogP contribution is -2.36. The van der Waals surface area contributed by atoms with Gasteiger partial charge >= 0.3 is 0 Å². The average molecular weight is 222 g/mol. The molecular formula is C11H30N2O2. The SMILES string of the molecule is C[N+](C)(C)CCCCC[N+](C)(C)C.[OH-].[OH-]. The van der Waals surface area contributed by atoms with E-state index in [0.29, 0.717) is 0 Å². The van der Waals surface area contributed by atoms with Gasteiger partial charge in [0.15, 0.2) is 0 Å². The van der Waals surface area contributed by atoms with Crippen LogP contribution in [0.4, 0.5) is 0 Å². The molecule has 15 heavy (non-hydrogen) atoms. The zero-order chi connectivity index (χ0) is 10.5. The highest BCUT2D eigenvalue weighted by Crippen LogP contribution is 2.03.